The van der Waals surface area contributed by atoms with Gasteiger partial charge in [0.1, 0.15) is 10.6 Å². The van der Waals surface area contributed by atoms with Gasteiger partial charge in [0, 0.05) is 35.1 Å². The zero-order valence-corrected chi connectivity index (χ0v) is 16.5. The molecule has 28 heavy (non-hydrogen) atoms. The van der Waals surface area contributed by atoms with Crippen molar-refractivity contribution in [1.29, 1.82) is 0 Å². The van der Waals surface area contributed by atoms with Crippen molar-refractivity contribution in [3.05, 3.63) is 88.9 Å². The van der Waals surface area contributed by atoms with E-state index in [1.165, 1.54) is 16.9 Å². The highest BCUT2D eigenvalue weighted by Gasteiger charge is 2.20. The predicted molar refractivity (Wildman–Crippen MR) is 115 cm³/mol. The Kier molecular flexibility index (Phi) is 5.00. The Labute approximate surface area is 168 Å². The molecule has 0 unspecified atom stereocenters. The lowest BCUT2D eigenvalue weighted by molar-refractivity contribution is 0.103. The van der Waals surface area contributed by atoms with E-state index in [1.807, 2.05) is 64.8 Å². The summed E-state index contributed by atoms with van der Waals surface area (Å²) in [5.74, 6) is 0.566. The van der Waals surface area contributed by atoms with Gasteiger partial charge < -0.3 is 14.6 Å². The van der Waals surface area contributed by atoms with E-state index >= 15 is 0 Å². The van der Waals surface area contributed by atoms with Gasteiger partial charge in [0.25, 0.3) is 5.91 Å². The smallest absolute Gasteiger partial charge is 0.267 e. The summed E-state index contributed by atoms with van der Waals surface area (Å²) in [4.78, 5) is 13.7. The summed E-state index contributed by atoms with van der Waals surface area (Å²) in [6, 6.07) is 19.6. The summed E-state index contributed by atoms with van der Waals surface area (Å²) < 4.78 is 7.24. The molecule has 5 heteroatoms. The highest BCUT2D eigenvalue weighted by molar-refractivity contribution is 7.13. The van der Waals surface area contributed by atoms with Gasteiger partial charge in [-0.1, -0.05) is 35.9 Å². The van der Waals surface area contributed by atoms with Crippen LogP contribution < -0.4 is 10.1 Å². The van der Waals surface area contributed by atoms with Crippen molar-refractivity contribution in [1.82, 2.24) is 4.57 Å². The first-order valence-corrected chi connectivity index (χ1v) is 9.81. The second-order valence-corrected chi connectivity index (χ2v) is 7.35. The lowest BCUT2D eigenvalue weighted by atomic mass is 10.0. The number of hydrogen-bond acceptors (Lipinski definition) is 3. The van der Waals surface area contributed by atoms with Gasteiger partial charge in [-0.2, -0.15) is 0 Å². The van der Waals surface area contributed by atoms with Crippen molar-refractivity contribution in [3.63, 3.8) is 0 Å². The minimum absolute atomic E-state index is 0.138. The molecule has 1 N–H and O–H groups in total. The monoisotopic (exact) mass is 388 g/mol. The zero-order chi connectivity index (χ0) is 19.5. The molecule has 1 amide bonds. The topological polar surface area (TPSA) is 43.3 Å². The lowest BCUT2D eigenvalue weighted by Crippen LogP contribution is -2.13. The Balaban J connectivity index is 1.75. The number of carbonyl (C=O) groups is 1. The Bertz CT molecular complexity index is 1110. The number of ether oxygens (including phenoxy) is 1. The van der Waals surface area contributed by atoms with E-state index in [9.17, 15) is 4.79 Å². The molecule has 140 valence electrons. The fraction of sp³-hybridized carbons (Fsp3) is 0.0870. The third kappa shape index (κ3) is 3.57. The van der Waals surface area contributed by atoms with Crippen LogP contribution in [-0.4, -0.2) is 17.6 Å². The van der Waals surface area contributed by atoms with Crippen LogP contribution in [0.15, 0.2) is 78.4 Å². The van der Waals surface area contributed by atoms with Crippen LogP contribution in [0.1, 0.15) is 15.2 Å². The van der Waals surface area contributed by atoms with Crippen LogP contribution in [0.4, 0.5) is 5.69 Å². The number of thiophene rings is 1. The largest absolute Gasteiger partial charge is 0.497 e. The van der Waals surface area contributed by atoms with Gasteiger partial charge in [0.15, 0.2) is 0 Å². The van der Waals surface area contributed by atoms with Gasteiger partial charge in [-0.15, -0.1) is 11.3 Å². The molecule has 4 nitrogen and oxygen atoms in total. The molecule has 0 aliphatic heterocycles. The van der Waals surface area contributed by atoms with Crippen molar-refractivity contribution in [2.75, 3.05) is 12.4 Å². The number of methoxy groups -OCH3 is 1. The van der Waals surface area contributed by atoms with Gasteiger partial charge in [-0.25, -0.2) is 0 Å². The van der Waals surface area contributed by atoms with Crippen LogP contribution in [0.2, 0.25) is 0 Å². The number of anilines is 1. The molecular weight excluding hydrogens is 368 g/mol. The number of carbonyl (C=O) groups excluding carboxylic acids is 1. The molecule has 4 rings (SSSR count). The van der Waals surface area contributed by atoms with Crippen LogP contribution in [0.3, 0.4) is 0 Å². The van der Waals surface area contributed by atoms with Crippen molar-refractivity contribution in [3.8, 4) is 22.6 Å². The fourth-order valence-electron chi connectivity index (χ4n) is 3.16. The van der Waals surface area contributed by atoms with Gasteiger partial charge in [0.2, 0.25) is 0 Å². The molecular formula is C23H20N2O2S. The average Bonchev–Trinajstić information content (AvgIpc) is 3.37. The predicted octanol–water partition coefficient (Wildman–Crippen LogP) is 5.78. The molecule has 0 bridgehead atoms. The number of aromatic nitrogens is 1. The van der Waals surface area contributed by atoms with Crippen molar-refractivity contribution >= 4 is 22.9 Å². The van der Waals surface area contributed by atoms with Crippen molar-refractivity contribution in [2.45, 2.75) is 6.92 Å². The van der Waals surface area contributed by atoms with Crippen molar-refractivity contribution in [2.24, 2.45) is 0 Å². The lowest BCUT2D eigenvalue weighted by Gasteiger charge is -2.11. The average molecular weight is 388 g/mol. The van der Waals surface area contributed by atoms with Gasteiger partial charge >= 0.3 is 0 Å². The SMILES string of the molecule is COc1cccc(NC(=O)c2scc(-c3cccc(C)c3)c2-n2cccc2)c1. The van der Waals surface area contributed by atoms with E-state index in [2.05, 4.69) is 30.4 Å². The summed E-state index contributed by atoms with van der Waals surface area (Å²) >= 11 is 1.45. The standard InChI is InChI=1S/C23H20N2O2S/c1-16-7-5-8-17(13-16)20-15-28-22(21(20)25-11-3-4-12-25)23(26)24-18-9-6-10-19(14-18)27-2/h3-15H,1-2H3,(H,24,26). The van der Waals surface area contributed by atoms with Gasteiger partial charge in [-0.05, 0) is 36.8 Å². The summed E-state index contributed by atoms with van der Waals surface area (Å²) in [5.41, 5.74) is 4.92. The normalized spacial score (nSPS) is 10.6. The fourth-order valence-corrected chi connectivity index (χ4v) is 4.13. The molecule has 2 aromatic heterocycles. The van der Waals surface area contributed by atoms with E-state index in [4.69, 9.17) is 4.74 Å². The second kappa shape index (κ2) is 7.74. The second-order valence-electron chi connectivity index (χ2n) is 6.47. The zero-order valence-electron chi connectivity index (χ0n) is 15.7. The van der Waals surface area contributed by atoms with Crippen molar-refractivity contribution < 1.29 is 9.53 Å². The summed E-state index contributed by atoms with van der Waals surface area (Å²) in [7, 11) is 1.61. The molecule has 0 aliphatic carbocycles. The van der Waals surface area contributed by atoms with Gasteiger partial charge in [-0.3, -0.25) is 4.79 Å². The van der Waals surface area contributed by atoms with E-state index < -0.39 is 0 Å². The molecule has 0 saturated heterocycles. The first-order valence-electron chi connectivity index (χ1n) is 8.93. The number of aryl methyl sites for hydroxylation is 1. The molecule has 4 aromatic rings. The summed E-state index contributed by atoms with van der Waals surface area (Å²) in [6.07, 6.45) is 3.92. The van der Waals surface area contributed by atoms with Crippen LogP contribution in [0.25, 0.3) is 16.8 Å². The maximum Gasteiger partial charge on any atom is 0.267 e. The summed E-state index contributed by atoms with van der Waals surface area (Å²) in [5, 5.41) is 5.04. The van der Waals surface area contributed by atoms with Crippen LogP contribution in [-0.2, 0) is 0 Å². The Morgan fingerprint density at radius 1 is 1.04 bits per heavy atom. The molecule has 0 fully saturated rings. The third-order valence-electron chi connectivity index (χ3n) is 4.49. The van der Waals surface area contributed by atoms with Crippen LogP contribution >= 0.6 is 11.3 Å². The molecule has 0 radical (unpaired) electrons. The molecule has 2 heterocycles. The maximum atomic E-state index is 13.1. The number of amides is 1. The van der Waals surface area contributed by atoms with Crippen LogP contribution in [0, 0.1) is 6.92 Å². The molecule has 0 aliphatic rings. The quantitative estimate of drug-likeness (QED) is 0.471. The first-order chi connectivity index (χ1) is 13.7. The molecule has 2 aromatic carbocycles. The van der Waals surface area contributed by atoms with E-state index in [1.54, 1.807) is 7.11 Å². The molecule has 0 atom stereocenters. The minimum atomic E-state index is -0.138. The van der Waals surface area contributed by atoms with E-state index in [0.29, 0.717) is 16.3 Å². The summed E-state index contributed by atoms with van der Waals surface area (Å²) in [6.45, 7) is 2.07. The number of rotatable bonds is 5. The number of nitrogens with zero attached hydrogens (tertiary/aromatic N) is 1. The Hall–Kier alpha value is -3.31. The van der Waals surface area contributed by atoms with E-state index in [0.717, 1.165) is 16.8 Å². The minimum Gasteiger partial charge on any atom is -0.497 e. The molecule has 0 saturated carbocycles. The first kappa shape index (κ1) is 18.1. The highest BCUT2D eigenvalue weighted by atomic mass is 32.1. The molecule has 0 spiro atoms. The van der Waals surface area contributed by atoms with E-state index in [-0.39, 0.29) is 5.91 Å². The number of benzene rings is 2. The maximum absolute atomic E-state index is 13.1. The Morgan fingerprint density at radius 2 is 1.82 bits per heavy atom. The van der Waals surface area contributed by atoms with Gasteiger partial charge in [0.05, 0.1) is 12.8 Å². The third-order valence-corrected chi connectivity index (χ3v) is 5.46. The number of hydrogen-bond donors (Lipinski definition) is 1. The van der Waals surface area contributed by atoms with Crippen LogP contribution in [0.5, 0.6) is 5.75 Å². The highest BCUT2D eigenvalue weighted by Crippen LogP contribution is 2.36. The number of nitrogens with one attached hydrogen (secondary N) is 1. The Morgan fingerprint density at radius 3 is 2.57 bits per heavy atom.